The van der Waals surface area contributed by atoms with E-state index in [9.17, 15) is 0 Å². The number of azide groups is 1. The fourth-order valence-electron chi connectivity index (χ4n) is 0.875. The van der Waals surface area contributed by atoms with Crippen LogP contribution in [-0.4, -0.2) is 31.9 Å². The van der Waals surface area contributed by atoms with Gasteiger partial charge in [0.15, 0.2) is 5.82 Å². The highest BCUT2D eigenvalue weighted by atomic mass is 16.3. The lowest BCUT2D eigenvalue weighted by atomic mass is 10.1. The van der Waals surface area contributed by atoms with Crippen molar-refractivity contribution < 1.29 is 5.11 Å². The van der Waals surface area contributed by atoms with Crippen molar-refractivity contribution in [2.75, 3.05) is 6.61 Å². The highest BCUT2D eigenvalue weighted by molar-refractivity contribution is 4.90. The lowest BCUT2D eigenvalue weighted by Crippen LogP contribution is -2.24. The Morgan fingerprint density at radius 2 is 2.27 bits per heavy atom. The van der Waals surface area contributed by atoms with Gasteiger partial charge in [0.05, 0.1) is 12.1 Å². The Morgan fingerprint density at radius 1 is 1.60 bits per heavy atom. The standard InChI is InChI=1S/C7H13N7O/c1-7(2,3)14-11-6(10-13-14)5(4-15)9-12-8/h5,15H,4H2,1-3H3. The topological polar surface area (TPSA) is 113 Å². The average Bonchev–Trinajstić information content (AvgIpc) is 2.62. The van der Waals surface area contributed by atoms with Crippen molar-refractivity contribution in [2.24, 2.45) is 5.11 Å². The molecule has 1 unspecified atom stereocenters. The molecule has 0 amide bonds. The molecule has 1 heterocycles. The number of aliphatic hydroxyl groups excluding tert-OH is 1. The minimum absolute atomic E-state index is 0.227. The van der Waals surface area contributed by atoms with Crippen LogP contribution in [0.5, 0.6) is 0 Å². The Labute approximate surface area is 86.5 Å². The van der Waals surface area contributed by atoms with Crippen LogP contribution in [0.1, 0.15) is 32.6 Å². The second kappa shape index (κ2) is 4.24. The molecule has 0 fully saturated rings. The summed E-state index contributed by atoms with van der Waals surface area (Å²) >= 11 is 0. The van der Waals surface area contributed by atoms with Crippen molar-refractivity contribution in [3.05, 3.63) is 16.3 Å². The molecule has 1 N–H and O–H groups in total. The van der Waals surface area contributed by atoms with Crippen LogP contribution in [0.15, 0.2) is 5.11 Å². The number of hydrogen-bond acceptors (Lipinski definition) is 5. The molecule has 82 valence electrons. The van der Waals surface area contributed by atoms with Gasteiger partial charge in [0, 0.05) is 4.91 Å². The predicted octanol–water partition coefficient (Wildman–Crippen LogP) is 0.772. The zero-order chi connectivity index (χ0) is 11.5. The van der Waals surface area contributed by atoms with Crippen LogP contribution in [-0.2, 0) is 5.54 Å². The van der Waals surface area contributed by atoms with E-state index in [2.05, 4.69) is 25.4 Å². The van der Waals surface area contributed by atoms with Crippen LogP contribution in [0.3, 0.4) is 0 Å². The number of tetrazole rings is 1. The molecule has 0 spiro atoms. The Kier molecular flexibility index (Phi) is 3.23. The number of nitrogens with zero attached hydrogens (tertiary/aromatic N) is 7. The summed E-state index contributed by atoms with van der Waals surface area (Å²) in [4.78, 5) is 4.02. The summed E-state index contributed by atoms with van der Waals surface area (Å²) in [7, 11) is 0. The summed E-state index contributed by atoms with van der Waals surface area (Å²) in [5.74, 6) is 0.227. The van der Waals surface area contributed by atoms with Gasteiger partial charge in [-0.05, 0) is 31.5 Å². The number of hydrogen-bond donors (Lipinski definition) is 1. The Morgan fingerprint density at radius 3 is 2.67 bits per heavy atom. The maximum atomic E-state index is 8.94. The van der Waals surface area contributed by atoms with Gasteiger partial charge in [-0.3, -0.25) is 0 Å². The van der Waals surface area contributed by atoms with E-state index < -0.39 is 6.04 Å². The third-order valence-corrected chi connectivity index (χ3v) is 1.69. The SMILES string of the molecule is CC(C)(C)n1nnc(C(CO)N=[N+]=[N-])n1. The molecule has 0 saturated carbocycles. The molecule has 0 aromatic carbocycles. The monoisotopic (exact) mass is 211 g/mol. The quantitative estimate of drug-likeness (QED) is 0.452. The first-order valence-corrected chi connectivity index (χ1v) is 4.44. The maximum absolute atomic E-state index is 8.94. The minimum atomic E-state index is -0.772. The normalized spacial score (nSPS) is 13.3. The molecule has 0 aliphatic carbocycles. The lowest BCUT2D eigenvalue weighted by molar-refractivity contribution is 0.260. The van der Waals surface area contributed by atoms with Gasteiger partial charge in [-0.15, -0.1) is 10.2 Å². The lowest BCUT2D eigenvalue weighted by Gasteiger charge is -2.15. The maximum Gasteiger partial charge on any atom is 0.186 e. The Balaban J connectivity index is 2.97. The Bertz CT molecular complexity index is 373. The van der Waals surface area contributed by atoms with Crippen molar-refractivity contribution in [3.8, 4) is 0 Å². The zero-order valence-electron chi connectivity index (χ0n) is 8.86. The summed E-state index contributed by atoms with van der Waals surface area (Å²) in [6.45, 7) is 5.42. The van der Waals surface area contributed by atoms with E-state index in [1.807, 2.05) is 20.8 Å². The highest BCUT2D eigenvalue weighted by Gasteiger charge is 2.20. The second-order valence-corrected chi connectivity index (χ2v) is 4.01. The summed E-state index contributed by atoms with van der Waals surface area (Å²) in [5, 5.41) is 23.9. The van der Waals surface area contributed by atoms with Crippen molar-refractivity contribution in [1.82, 2.24) is 20.2 Å². The average molecular weight is 211 g/mol. The minimum Gasteiger partial charge on any atom is -0.395 e. The van der Waals surface area contributed by atoms with Crippen LogP contribution in [0.4, 0.5) is 0 Å². The van der Waals surface area contributed by atoms with Gasteiger partial charge in [0.2, 0.25) is 0 Å². The first-order chi connectivity index (χ1) is 6.99. The number of rotatable bonds is 3. The van der Waals surface area contributed by atoms with Crippen LogP contribution in [0, 0.1) is 0 Å². The molecule has 0 aliphatic heterocycles. The van der Waals surface area contributed by atoms with Crippen LogP contribution < -0.4 is 0 Å². The van der Waals surface area contributed by atoms with Crippen molar-refractivity contribution in [1.29, 1.82) is 0 Å². The van der Waals surface area contributed by atoms with Gasteiger partial charge in [-0.1, -0.05) is 5.11 Å². The van der Waals surface area contributed by atoms with Gasteiger partial charge >= 0.3 is 0 Å². The molecule has 8 nitrogen and oxygen atoms in total. The molecule has 1 aromatic heterocycles. The third-order valence-electron chi connectivity index (χ3n) is 1.69. The van der Waals surface area contributed by atoms with Crippen molar-refractivity contribution in [3.63, 3.8) is 0 Å². The van der Waals surface area contributed by atoms with Crippen LogP contribution >= 0.6 is 0 Å². The van der Waals surface area contributed by atoms with E-state index in [0.717, 1.165) is 0 Å². The van der Waals surface area contributed by atoms with Gasteiger partial charge in [0.25, 0.3) is 0 Å². The van der Waals surface area contributed by atoms with Crippen molar-refractivity contribution >= 4 is 0 Å². The molecule has 1 atom stereocenters. The molecule has 0 bridgehead atoms. The van der Waals surface area contributed by atoms with E-state index in [-0.39, 0.29) is 18.0 Å². The van der Waals surface area contributed by atoms with E-state index >= 15 is 0 Å². The van der Waals surface area contributed by atoms with Gasteiger partial charge < -0.3 is 5.11 Å². The van der Waals surface area contributed by atoms with Gasteiger partial charge in [-0.2, -0.15) is 4.80 Å². The van der Waals surface area contributed by atoms with Crippen LogP contribution in [0.2, 0.25) is 0 Å². The molecule has 15 heavy (non-hydrogen) atoms. The van der Waals surface area contributed by atoms with Crippen LogP contribution in [0.25, 0.3) is 10.4 Å². The summed E-state index contributed by atoms with van der Waals surface area (Å²) in [5.41, 5.74) is 7.97. The van der Waals surface area contributed by atoms with Crippen molar-refractivity contribution in [2.45, 2.75) is 32.4 Å². The first kappa shape index (κ1) is 11.4. The molecule has 1 rings (SSSR count). The fourth-order valence-corrected chi connectivity index (χ4v) is 0.875. The van der Waals surface area contributed by atoms with E-state index in [4.69, 9.17) is 10.6 Å². The van der Waals surface area contributed by atoms with Gasteiger partial charge in [-0.25, -0.2) is 0 Å². The Hall–Kier alpha value is -1.66. The molecular weight excluding hydrogens is 198 g/mol. The van der Waals surface area contributed by atoms with E-state index in [1.165, 1.54) is 4.80 Å². The largest absolute Gasteiger partial charge is 0.395 e. The smallest absolute Gasteiger partial charge is 0.186 e. The third kappa shape index (κ3) is 2.64. The molecular formula is C7H13N7O. The molecule has 0 aliphatic rings. The van der Waals surface area contributed by atoms with E-state index in [0.29, 0.717) is 0 Å². The van der Waals surface area contributed by atoms with E-state index in [1.54, 1.807) is 0 Å². The summed E-state index contributed by atoms with van der Waals surface area (Å²) in [6, 6.07) is -0.772. The second-order valence-electron chi connectivity index (χ2n) is 4.01. The summed E-state index contributed by atoms with van der Waals surface area (Å²) < 4.78 is 0. The number of aliphatic hydroxyl groups is 1. The predicted molar refractivity (Wildman–Crippen MR) is 51.8 cm³/mol. The molecule has 1 aromatic rings. The fraction of sp³-hybridized carbons (Fsp3) is 0.857. The number of aromatic nitrogens is 4. The zero-order valence-corrected chi connectivity index (χ0v) is 8.86. The molecule has 8 heteroatoms. The molecule has 0 saturated heterocycles. The first-order valence-electron chi connectivity index (χ1n) is 4.44. The highest BCUT2D eigenvalue weighted by Crippen LogP contribution is 2.14. The summed E-state index contributed by atoms with van der Waals surface area (Å²) in [6.07, 6.45) is 0. The molecule has 0 radical (unpaired) electrons. The van der Waals surface area contributed by atoms with Gasteiger partial charge in [0.1, 0.15) is 6.04 Å².